The number of likely N-dealkylation sites (N-methyl/N-ethyl adjacent to an activating group) is 1. The molecule has 2 aromatic carbocycles. The number of rotatable bonds is 5. The molecule has 1 saturated heterocycles. The van der Waals surface area contributed by atoms with E-state index < -0.39 is 11.6 Å². The predicted molar refractivity (Wildman–Crippen MR) is 105 cm³/mol. The molecular formula is C20H23F2N3S. The van der Waals surface area contributed by atoms with Gasteiger partial charge < -0.3 is 10.2 Å². The van der Waals surface area contributed by atoms with Crippen molar-refractivity contribution in [2.45, 2.75) is 25.9 Å². The Morgan fingerprint density at radius 2 is 2.00 bits per heavy atom. The molecule has 26 heavy (non-hydrogen) atoms. The monoisotopic (exact) mass is 375 g/mol. The highest BCUT2D eigenvalue weighted by molar-refractivity contribution is 7.80. The summed E-state index contributed by atoms with van der Waals surface area (Å²) in [6, 6.07) is 14.0. The summed E-state index contributed by atoms with van der Waals surface area (Å²) in [5.41, 5.74) is 1.37. The molecule has 0 radical (unpaired) electrons. The van der Waals surface area contributed by atoms with E-state index in [4.69, 9.17) is 12.2 Å². The number of hydrogen-bond donors (Lipinski definition) is 1. The predicted octanol–water partition coefficient (Wildman–Crippen LogP) is 4.26. The number of halogens is 2. The number of hydrogen-bond acceptors (Lipinski definition) is 2. The van der Waals surface area contributed by atoms with Crippen LogP contribution in [0, 0.1) is 11.6 Å². The Kier molecular flexibility index (Phi) is 6.16. The second-order valence-electron chi connectivity index (χ2n) is 6.50. The molecule has 2 aromatic rings. The molecule has 1 fully saturated rings. The fraction of sp³-hybridized carbons (Fsp3) is 0.350. The van der Waals surface area contributed by atoms with Gasteiger partial charge in [-0.05, 0) is 43.3 Å². The minimum Gasteiger partial charge on any atom is -0.345 e. The van der Waals surface area contributed by atoms with Crippen molar-refractivity contribution in [2.24, 2.45) is 0 Å². The van der Waals surface area contributed by atoms with Crippen LogP contribution in [0.3, 0.4) is 0 Å². The van der Waals surface area contributed by atoms with E-state index in [0.717, 1.165) is 44.3 Å². The lowest BCUT2D eigenvalue weighted by atomic mass is 10.2. The first-order valence-electron chi connectivity index (χ1n) is 8.85. The van der Waals surface area contributed by atoms with Crippen LogP contribution in [0.4, 0.5) is 14.5 Å². The molecule has 6 heteroatoms. The zero-order chi connectivity index (χ0) is 18.5. The Labute approximate surface area is 158 Å². The van der Waals surface area contributed by atoms with Crippen molar-refractivity contribution >= 4 is 23.0 Å². The topological polar surface area (TPSA) is 18.5 Å². The molecule has 1 heterocycles. The van der Waals surface area contributed by atoms with Crippen LogP contribution in [0.25, 0.3) is 0 Å². The summed E-state index contributed by atoms with van der Waals surface area (Å²) >= 11 is 5.47. The SMILES string of the molecule is CCN(C(=S)Nc1cc(F)ccc1F)C1CCN(Cc2ccccc2)C1. The van der Waals surface area contributed by atoms with Crippen molar-refractivity contribution in [1.29, 1.82) is 0 Å². The zero-order valence-electron chi connectivity index (χ0n) is 14.8. The number of benzene rings is 2. The second-order valence-corrected chi connectivity index (χ2v) is 6.89. The van der Waals surface area contributed by atoms with Crippen molar-refractivity contribution < 1.29 is 8.78 Å². The molecule has 1 atom stereocenters. The van der Waals surface area contributed by atoms with E-state index in [1.54, 1.807) is 0 Å². The van der Waals surface area contributed by atoms with E-state index in [1.165, 1.54) is 5.56 Å². The van der Waals surface area contributed by atoms with E-state index in [9.17, 15) is 8.78 Å². The zero-order valence-corrected chi connectivity index (χ0v) is 15.6. The number of thiocarbonyl (C=S) groups is 1. The van der Waals surface area contributed by atoms with Crippen molar-refractivity contribution in [3.8, 4) is 0 Å². The lowest BCUT2D eigenvalue weighted by Gasteiger charge is -2.31. The molecule has 0 amide bonds. The molecule has 1 aliphatic rings. The Bertz CT molecular complexity index is 754. The van der Waals surface area contributed by atoms with E-state index >= 15 is 0 Å². The average Bonchev–Trinajstić information content (AvgIpc) is 3.08. The molecule has 138 valence electrons. The summed E-state index contributed by atoms with van der Waals surface area (Å²) in [7, 11) is 0. The second kappa shape index (κ2) is 8.56. The van der Waals surface area contributed by atoms with Gasteiger partial charge in [0.25, 0.3) is 0 Å². The van der Waals surface area contributed by atoms with Gasteiger partial charge in [0, 0.05) is 38.3 Å². The molecule has 0 aromatic heterocycles. The van der Waals surface area contributed by atoms with E-state index in [0.29, 0.717) is 11.7 Å². The minimum atomic E-state index is -0.512. The van der Waals surface area contributed by atoms with Crippen LogP contribution in [-0.2, 0) is 6.54 Å². The summed E-state index contributed by atoms with van der Waals surface area (Å²) in [4.78, 5) is 4.46. The van der Waals surface area contributed by atoms with Crippen molar-refractivity contribution in [2.75, 3.05) is 25.0 Å². The standard InChI is InChI=1S/C20H23F2N3S/c1-2-25(20(26)23-19-12-16(21)8-9-18(19)22)17-10-11-24(14-17)13-15-6-4-3-5-7-15/h3-9,12,17H,2,10-11,13-14H2,1H3,(H,23,26). The highest BCUT2D eigenvalue weighted by Crippen LogP contribution is 2.21. The molecule has 3 rings (SSSR count). The maximum atomic E-state index is 13.9. The van der Waals surface area contributed by atoms with Crippen LogP contribution in [0.2, 0.25) is 0 Å². The van der Waals surface area contributed by atoms with Gasteiger partial charge in [0.15, 0.2) is 5.11 Å². The summed E-state index contributed by atoms with van der Waals surface area (Å²) in [5, 5.41) is 3.30. The first kappa shape index (κ1) is 18.7. The highest BCUT2D eigenvalue weighted by atomic mass is 32.1. The van der Waals surface area contributed by atoms with Gasteiger partial charge in [-0.2, -0.15) is 0 Å². The molecule has 0 spiro atoms. The van der Waals surface area contributed by atoms with Gasteiger partial charge in [-0.15, -0.1) is 0 Å². The lowest BCUT2D eigenvalue weighted by Crippen LogP contribution is -2.44. The molecule has 0 saturated carbocycles. The van der Waals surface area contributed by atoms with E-state index in [-0.39, 0.29) is 11.7 Å². The van der Waals surface area contributed by atoms with Crippen molar-refractivity contribution in [3.63, 3.8) is 0 Å². The summed E-state index contributed by atoms with van der Waals surface area (Å²) in [6.07, 6.45) is 0.994. The quantitative estimate of drug-likeness (QED) is 0.787. The molecule has 1 N–H and O–H groups in total. The Morgan fingerprint density at radius 1 is 1.23 bits per heavy atom. The summed E-state index contributed by atoms with van der Waals surface area (Å²) in [5.74, 6) is -1.00. The number of likely N-dealkylation sites (tertiary alicyclic amines) is 1. The summed E-state index contributed by atoms with van der Waals surface area (Å²) < 4.78 is 27.2. The van der Waals surface area contributed by atoms with Gasteiger partial charge in [0.05, 0.1) is 5.69 Å². The maximum Gasteiger partial charge on any atom is 0.173 e. The third-order valence-corrected chi connectivity index (χ3v) is 5.05. The van der Waals surface area contributed by atoms with Gasteiger partial charge >= 0.3 is 0 Å². The van der Waals surface area contributed by atoms with Crippen molar-refractivity contribution in [3.05, 3.63) is 65.7 Å². The van der Waals surface area contributed by atoms with Crippen LogP contribution in [0.1, 0.15) is 18.9 Å². The van der Waals surface area contributed by atoms with Crippen LogP contribution in [0.5, 0.6) is 0 Å². The molecule has 1 unspecified atom stereocenters. The number of anilines is 1. The number of nitrogens with one attached hydrogen (secondary N) is 1. The molecule has 3 nitrogen and oxygen atoms in total. The minimum absolute atomic E-state index is 0.0765. The average molecular weight is 375 g/mol. The van der Waals surface area contributed by atoms with Crippen molar-refractivity contribution in [1.82, 2.24) is 9.80 Å². The molecule has 0 aliphatic carbocycles. The fourth-order valence-corrected chi connectivity index (χ4v) is 3.79. The Morgan fingerprint density at radius 3 is 2.73 bits per heavy atom. The van der Waals surface area contributed by atoms with Crippen LogP contribution in [0.15, 0.2) is 48.5 Å². The molecule has 0 bridgehead atoms. The van der Waals surface area contributed by atoms with Gasteiger partial charge in [-0.25, -0.2) is 8.78 Å². The van der Waals surface area contributed by atoms with Gasteiger partial charge in [0.2, 0.25) is 0 Å². The highest BCUT2D eigenvalue weighted by Gasteiger charge is 2.28. The van der Waals surface area contributed by atoms with E-state index in [1.807, 2.05) is 25.1 Å². The lowest BCUT2D eigenvalue weighted by molar-refractivity contribution is 0.282. The fourth-order valence-electron chi connectivity index (χ4n) is 3.40. The maximum absolute atomic E-state index is 13.9. The third kappa shape index (κ3) is 4.56. The van der Waals surface area contributed by atoms with Gasteiger partial charge in [-0.1, -0.05) is 30.3 Å². The Balaban J connectivity index is 1.61. The largest absolute Gasteiger partial charge is 0.345 e. The smallest absolute Gasteiger partial charge is 0.173 e. The normalized spacial score (nSPS) is 17.3. The van der Waals surface area contributed by atoms with Crippen LogP contribution < -0.4 is 5.32 Å². The molecule has 1 aliphatic heterocycles. The third-order valence-electron chi connectivity index (χ3n) is 4.71. The molecular weight excluding hydrogens is 352 g/mol. The first-order valence-corrected chi connectivity index (χ1v) is 9.26. The first-order chi connectivity index (χ1) is 12.6. The van der Waals surface area contributed by atoms with Crippen LogP contribution >= 0.6 is 12.2 Å². The van der Waals surface area contributed by atoms with E-state index in [2.05, 4.69) is 27.2 Å². The van der Waals surface area contributed by atoms with Gasteiger partial charge in [0.1, 0.15) is 11.6 Å². The van der Waals surface area contributed by atoms with Crippen LogP contribution in [-0.4, -0.2) is 40.6 Å². The number of nitrogens with zero attached hydrogens (tertiary/aromatic N) is 2. The van der Waals surface area contributed by atoms with Gasteiger partial charge in [-0.3, -0.25) is 4.90 Å². The summed E-state index contributed by atoms with van der Waals surface area (Å²) in [6.45, 7) is 5.54. The Hall–Kier alpha value is -2.05.